The Balaban J connectivity index is 2.68. The van der Waals surface area contributed by atoms with Crippen LogP contribution in [0.4, 0.5) is 0 Å². The van der Waals surface area contributed by atoms with Gasteiger partial charge in [0.2, 0.25) is 0 Å². The van der Waals surface area contributed by atoms with Gasteiger partial charge in [-0.05, 0) is 13.0 Å². The fourth-order valence-corrected chi connectivity index (χ4v) is 2.12. The third kappa shape index (κ3) is 6.44. The number of para-hydroxylation sites is 1. The van der Waals surface area contributed by atoms with Gasteiger partial charge < -0.3 is 19.3 Å². The smallest absolute Gasteiger partial charge is 0.125 e. The van der Waals surface area contributed by atoms with E-state index in [1.165, 1.54) is 0 Å². The van der Waals surface area contributed by atoms with Crippen molar-refractivity contribution < 1.29 is 19.3 Å². The van der Waals surface area contributed by atoms with E-state index in [1.54, 1.807) is 14.2 Å². The lowest BCUT2D eigenvalue weighted by Crippen LogP contribution is -2.34. The summed E-state index contributed by atoms with van der Waals surface area (Å²) in [4.78, 5) is 2.13. The molecule has 1 aromatic rings. The molecule has 1 unspecified atom stereocenters. The first kappa shape index (κ1) is 17.9. The predicted molar refractivity (Wildman–Crippen MR) is 82.8 cm³/mol. The second-order valence-corrected chi connectivity index (χ2v) is 4.77. The molecule has 0 bridgehead atoms. The summed E-state index contributed by atoms with van der Waals surface area (Å²) in [6.07, 6.45) is -0.596. The van der Waals surface area contributed by atoms with Gasteiger partial charge in [-0.2, -0.15) is 0 Å². The third-order valence-electron chi connectivity index (χ3n) is 3.23. The maximum Gasteiger partial charge on any atom is 0.125 e. The quantitative estimate of drug-likeness (QED) is 0.674. The van der Waals surface area contributed by atoms with E-state index in [1.807, 2.05) is 31.2 Å². The lowest BCUT2D eigenvalue weighted by molar-refractivity contribution is 0.0684. The summed E-state index contributed by atoms with van der Waals surface area (Å²) in [5.41, 5.74) is 0.819. The minimum absolute atomic E-state index is 0.525. The molecule has 0 aliphatic rings. The highest BCUT2D eigenvalue weighted by Crippen LogP contribution is 2.25. The molecule has 1 aromatic carbocycles. The van der Waals surface area contributed by atoms with Crippen molar-refractivity contribution in [3.05, 3.63) is 29.8 Å². The number of benzene rings is 1. The molecule has 120 valence electrons. The molecular formula is C16H27NO4. The van der Waals surface area contributed by atoms with Crippen molar-refractivity contribution in [1.29, 1.82) is 0 Å². The molecule has 0 spiro atoms. The molecule has 1 N–H and O–H groups in total. The average Bonchev–Trinajstić information content (AvgIpc) is 2.50. The zero-order valence-electron chi connectivity index (χ0n) is 13.2. The van der Waals surface area contributed by atoms with Gasteiger partial charge in [-0.1, -0.05) is 18.2 Å². The number of ether oxygens (including phenoxy) is 3. The molecule has 0 amide bonds. The molecule has 1 atom stereocenters. The van der Waals surface area contributed by atoms with Gasteiger partial charge in [0.25, 0.3) is 0 Å². The molecule has 0 aromatic heterocycles. The van der Waals surface area contributed by atoms with Gasteiger partial charge in [0.15, 0.2) is 0 Å². The van der Waals surface area contributed by atoms with Crippen LogP contribution in [0.3, 0.4) is 0 Å². The van der Waals surface area contributed by atoms with Crippen molar-refractivity contribution in [2.45, 2.75) is 13.0 Å². The molecule has 0 radical (unpaired) electrons. The Morgan fingerprint density at radius 2 is 1.71 bits per heavy atom. The molecule has 21 heavy (non-hydrogen) atoms. The Hall–Kier alpha value is -1.14. The van der Waals surface area contributed by atoms with Crippen LogP contribution >= 0.6 is 0 Å². The van der Waals surface area contributed by atoms with Gasteiger partial charge in [-0.3, -0.25) is 4.90 Å². The van der Waals surface area contributed by atoms with Crippen LogP contribution in [-0.2, 0) is 9.47 Å². The topological polar surface area (TPSA) is 51.2 Å². The molecule has 0 saturated heterocycles. The van der Waals surface area contributed by atoms with Crippen LogP contribution in [0.1, 0.15) is 18.6 Å². The molecule has 0 aliphatic carbocycles. The summed E-state index contributed by atoms with van der Waals surface area (Å²) in [7, 11) is 3.35. The van der Waals surface area contributed by atoms with Crippen LogP contribution in [0.2, 0.25) is 0 Å². The Bertz CT molecular complexity index is 378. The van der Waals surface area contributed by atoms with E-state index >= 15 is 0 Å². The largest absolute Gasteiger partial charge is 0.493 e. The Labute approximate surface area is 127 Å². The Morgan fingerprint density at radius 1 is 1.10 bits per heavy atom. The predicted octanol–water partition coefficient (Wildman–Crippen LogP) is 1.71. The number of methoxy groups -OCH3 is 2. The number of aliphatic hydroxyl groups excluding tert-OH is 1. The van der Waals surface area contributed by atoms with E-state index < -0.39 is 6.10 Å². The van der Waals surface area contributed by atoms with E-state index in [2.05, 4.69) is 4.90 Å². The lowest BCUT2D eigenvalue weighted by atomic mass is 10.1. The number of hydrogen-bond acceptors (Lipinski definition) is 5. The SMILES string of the molecule is CCOc1ccccc1C(O)CN(CCOC)CCOC. The normalized spacial score (nSPS) is 12.6. The second kappa shape index (κ2) is 10.6. The highest BCUT2D eigenvalue weighted by Gasteiger charge is 2.17. The van der Waals surface area contributed by atoms with E-state index in [-0.39, 0.29) is 0 Å². The first-order valence-corrected chi connectivity index (χ1v) is 7.32. The zero-order valence-corrected chi connectivity index (χ0v) is 13.2. The van der Waals surface area contributed by atoms with E-state index in [9.17, 15) is 5.11 Å². The molecule has 0 saturated carbocycles. The van der Waals surface area contributed by atoms with Gasteiger partial charge in [0.1, 0.15) is 5.75 Å². The van der Waals surface area contributed by atoms with Gasteiger partial charge in [0.05, 0.1) is 25.9 Å². The molecule has 0 heterocycles. The summed E-state index contributed by atoms with van der Waals surface area (Å²) in [6, 6.07) is 7.61. The monoisotopic (exact) mass is 297 g/mol. The molecule has 0 aliphatic heterocycles. The third-order valence-corrected chi connectivity index (χ3v) is 3.23. The van der Waals surface area contributed by atoms with Crippen molar-refractivity contribution >= 4 is 0 Å². The van der Waals surface area contributed by atoms with Crippen molar-refractivity contribution in [1.82, 2.24) is 4.90 Å². The summed E-state index contributed by atoms with van der Waals surface area (Å²) in [5.74, 6) is 0.742. The molecular weight excluding hydrogens is 270 g/mol. The van der Waals surface area contributed by atoms with Gasteiger partial charge in [-0.15, -0.1) is 0 Å². The van der Waals surface area contributed by atoms with Crippen LogP contribution < -0.4 is 4.74 Å². The summed E-state index contributed by atoms with van der Waals surface area (Å²) >= 11 is 0. The minimum atomic E-state index is -0.596. The van der Waals surface area contributed by atoms with E-state index in [0.29, 0.717) is 26.4 Å². The molecule has 5 nitrogen and oxygen atoms in total. The number of aliphatic hydroxyl groups is 1. The summed E-state index contributed by atoms with van der Waals surface area (Å²) in [5, 5.41) is 10.5. The number of nitrogens with zero attached hydrogens (tertiary/aromatic N) is 1. The van der Waals surface area contributed by atoms with Crippen LogP contribution in [0.5, 0.6) is 5.75 Å². The van der Waals surface area contributed by atoms with E-state index in [0.717, 1.165) is 24.4 Å². The number of rotatable bonds is 11. The Morgan fingerprint density at radius 3 is 2.29 bits per heavy atom. The fourth-order valence-electron chi connectivity index (χ4n) is 2.12. The first-order valence-electron chi connectivity index (χ1n) is 7.32. The molecule has 1 rings (SSSR count). The van der Waals surface area contributed by atoms with Crippen LogP contribution in [-0.4, -0.2) is 63.7 Å². The van der Waals surface area contributed by atoms with Crippen LogP contribution in [0.15, 0.2) is 24.3 Å². The minimum Gasteiger partial charge on any atom is -0.493 e. The fraction of sp³-hybridized carbons (Fsp3) is 0.625. The van der Waals surface area contributed by atoms with Crippen LogP contribution in [0, 0.1) is 0 Å². The maximum absolute atomic E-state index is 10.5. The first-order chi connectivity index (χ1) is 10.2. The summed E-state index contributed by atoms with van der Waals surface area (Å²) in [6.45, 7) is 5.82. The average molecular weight is 297 g/mol. The Kier molecular flexibility index (Phi) is 9.01. The second-order valence-electron chi connectivity index (χ2n) is 4.77. The molecule has 5 heteroatoms. The number of hydrogen-bond donors (Lipinski definition) is 1. The lowest BCUT2D eigenvalue weighted by Gasteiger charge is -2.25. The van der Waals surface area contributed by atoms with Gasteiger partial charge in [0, 0.05) is 39.4 Å². The van der Waals surface area contributed by atoms with Gasteiger partial charge in [-0.25, -0.2) is 0 Å². The standard InChI is InChI=1S/C16H27NO4/c1-4-21-16-8-6-5-7-14(16)15(18)13-17(9-11-19-2)10-12-20-3/h5-8,15,18H,4,9-13H2,1-3H3. The van der Waals surface area contributed by atoms with Crippen molar-refractivity contribution in [2.75, 3.05) is 53.7 Å². The van der Waals surface area contributed by atoms with Crippen molar-refractivity contribution in [2.24, 2.45) is 0 Å². The van der Waals surface area contributed by atoms with Gasteiger partial charge >= 0.3 is 0 Å². The van der Waals surface area contributed by atoms with Crippen molar-refractivity contribution in [3.63, 3.8) is 0 Å². The highest BCUT2D eigenvalue weighted by atomic mass is 16.5. The highest BCUT2D eigenvalue weighted by molar-refractivity contribution is 5.35. The maximum atomic E-state index is 10.5. The molecule has 0 fully saturated rings. The van der Waals surface area contributed by atoms with Crippen molar-refractivity contribution in [3.8, 4) is 5.75 Å². The zero-order chi connectivity index (χ0) is 15.5. The van der Waals surface area contributed by atoms with E-state index in [4.69, 9.17) is 14.2 Å². The summed E-state index contributed by atoms with van der Waals surface area (Å²) < 4.78 is 15.8. The van der Waals surface area contributed by atoms with Crippen LogP contribution in [0.25, 0.3) is 0 Å².